The highest BCUT2D eigenvalue weighted by Crippen LogP contribution is 2.40. The molecule has 1 fully saturated rings. The van der Waals surface area contributed by atoms with E-state index in [1.54, 1.807) is 6.07 Å². The van der Waals surface area contributed by atoms with Gasteiger partial charge in [-0.15, -0.1) is 0 Å². The number of nitrogens with zero attached hydrogens (tertiary/aromatic N) is 1. The van der Waals surface area contributed by atoms with Crippen molar-refractivity contribution < 1.29 is 31.8 Å². The van der Waals surface area contributed by atoms with Crippen molar-refractivity contribution >= 4 is 21.8 Å². The molecule has 1 amide bonds. The van der Waals surface area contributed by atoms with E-state index in [0.717, 1.165) is 29.3 Å². The maximum Gasteiger partial charge on any atom is 0.326 e. The number of benzene rings is 1. The summed E-state index contributed by atoms with van der Waals surface area (Å²) in [4.78, 5) is 11.7. The Balaban J connectivity index is 1.95. The Hall–Kier alpha value is -1.95. The minimum atomic E-state index is -4.19. The molecule has 11 heteroatoms. The van der Waals surface area contributed by atoms with Gasteiger partial charge in [-0.1, -0.05) is 0 Å². The molecule has 1 aliphatic heterocycles. The van der Waals surface area contributed by atoms with Crippen LogP contribution in [0.1, 0.15) is 24.0 Å². The SMILES string of the molecule is CNCC1CCc2cc(OCOCCOC)c(N3CC(=O)NS3(=O)=O)c(F)c2CC1. The van der Waals surface area contributed by atoms with Gasteiger partial charge in [0.05, 0.1) is 13.2 Å². The summed E-state index contributed by atoms with van der Waals surface area (Å²) < 4.78 is 58.8. The molecule has 30 heavy (non-hydrogen) atoms. The third-order valence-electron chi connectivity index (χ3n) is 5.32. The first kappa shape index (κ1) is 22.7. The van der Waals surface area contributed by atoms with Gasteiger partial charge in [0.15, 0.2) is 12.6 Å². The summed E-state index contributed by atoms with van der Waals surface area (Å²) in [6.45, 7) is 0.763. The molecule has 0 aromatic heterocycles. The van der Waals surface area contributed by atoms with Crippen LogP contribution in [0.2, 0.25) is 0 Å². The third-order valence-corrected chi connectivity index (χ3v) is 6.69. The lowest BCUT2D eigenvalue weighted by atomic mass is 10.00. The fraction of sp³-hybridized carbons (Fsp3) is 0.632. The van der Waals surface area contributed by atoms with Crippen LogP contribution >= 0.6 is 0 Å². The van der Waals surface area contributed by atoms with Crippen LogP contribution in [0.4, 0.5) is 10.1 Å². The number of hydrogen-bond donors (Lipinski definition) is 2. The molecule has 1 atom stereocenters. The summed E-state index contributed by atoms with van der Waals surface area (Å²) in [5, 5.41) is 3.16. The predicted molar refractivity (Wildman–Crippen MR) is 108 cm³/mol. The van der Waals surface area contributed by atoms with Gasteiger partial charge in [0.25, 0.3) is 5.91 Å². The smallest absolute Gasteiger partial charge is 0.326 e. The molecule has 0 bridgehead atoms. The molecule has 0 radical (unpaired) electrons. The molecule has 168 valence electrons. The summed E-state index contributed by atoms with van der Waals surface area (Å²) in [6.07, 6.45) is 2.82. The van der Waals surface area contributed by atoms with E-state index in [-0.39, 0.29) is 24.8 Å². The molecule has 1 aromatic rings. The van der Waals surface area contributed by atoms with E-state index in [0.29, 0.717) is 30.9 Å². The molecule has 1 aliphatic carbocycles. The average Bonchev–Trinajstić information content (AvgIpc) is 2.84. The first-order chi connectivity index (χ1) is 14.4. The molecule has 1 aromatic carbocycles. The monoisotopic (exact) mass is 445 g/mol. The molecule has 9 nitrogen and oxygen atoms in total. The Morgan fingerprint density at radius 1 is 1.30 bits per heavy atom. The summed E-state index contributed by atoms with van der Waals surface area (Å²) in [5.41, 5.74) is 1.01. The van der Waals surface area contributed by atoms with Gasteiger partial charge >= 0.3 is 10.2 Å². The maximum atomic E-state index is 15.7. The van der Waals surface area contributed by atoms with Gasteiger partial charge in [0.2, 0.25) is 0 Å². The number of amides is 1. The van der Waals surface area contributed by atoms with Crippen LogP contribution in [0.25, 0.3) is 0 Å². The number of halogens is 1. The lowest BCUT2D eigenvalue weighted by Gasteiger charge is -2.22. The number of aryl methyl sites for hydroxylation is 1. The number of fused-ring (bicyclic) bond motifs is 1. The predicted octanol–water partition coefficient (Wildman–Crippen LogP) is 0.720. The topological polar surface area (TPSA) is 106 Å². The number of rotatable bonds is 9. The van der Waals surface area contributed by atoms with Crippen LogP contribution in [0, 0.1) is 11.7 Å². The Labute approximate surface area is 176 Å². The van der Waals surface area contributed by atoms with Crippen molar-refractivity contribution in [1.29, 1.82) is 0 Å². The van der Waals surface area contributed by atoms with Crippen molar-refractivity contribution in [3.8, 4) is 5.75 Å². The van der Waals surface area contributed by atoms with E-state index in [4.69, 9.17) is 14.2 Å². The molecular weight excluding hydrogens is 417 g/mol. The quantitative estimate of drug-likeness (QED) is 0.328. The second-order valence-electron chi connectivity index (χ2n) is 7.38. The lowest BCUT2D eigenvalue weighted by molar-refractivity contribution is -0.117. The van der Waals surface area contributed by atoms with E-state index < -0.39 is 28.5 Å². The summed E-state index contributed by atoms with van der Waals surface area (Å²) in [6, 6.07) is 1.67. The van der Waals surface area contributed by atoms with Crippen LogP contribution in [-0.2, 0) is 37.3 Å². The first-order valence-electron chi connectivity index (χ1n) is 9.89. The van der Waals surface area contributed by atoms with Gasteiger partial charge in [-0.2, -0.15) is 8.42 Å². The molecule has 3 rings (SSSR count). The molecule has 1 heterocycles. The molecule has 0 spiro atoms. The Morgan fingerprint density at radius 3 is 2.73 bits per heavy atom. The number of carbonyl (C=O) groups is 1. The number of methoxy groups -OCH3 is 1. The van der Waals surface area contributed by atoms with Gasteiger partial charge < -0.3 is 19.5 Å². The van der Waals surface area contributed by atoms with Crippen LogP contribution in [0.5, 0.6) is 5.75 Å². The number of anilines is 1. The number of hydrogen-bond acceptors (Lipinski definition) is 7. The van der Waals surface area contributed by atoms with Gasteiger partial charge in [0, 0.05) is 7.11 Å². The third kappa shape index (κ3) is 5.02. The van der Waals surface area contributed by atoms with Crippen molar-refractivity contribution in [2.45, 2.75) is 25.7 Å². The standard InChI is InChI=1S/C19H28FN3O6S/c1-21-10-13-3-5-14-9-16(29-12-28-8-7-27-2)19(18(20)15(14)6-4-13)23-11-17(24)22-30(23,25)26/h9,13,21H,3-8,10-12H2,1-2H3,(H,22,24). The number of ether oxygens (including phenoxy) is 3. The zero-order valence-electron chi connectivity index (χ0n) is 17.2. The first-order valence-corrected chi connectivity index (χ1v) is 11.3. The van der Waals surface area contributed by atoms with E-state index >= 15 is 4.39 Å². The Morgan fingerprint density at radius 2 is 2.07 bits per heavy atom. The van der Waals surface area contributed by atoms with Crippen LogP contribution in [-0.4, -0.2) is 61.6 Å². The minimum absolute atomic E-state index is 0.0378. The van der Waals surface area contributed by atoms with Gasteiger partial charge in [0.1, 0.15) is 18.0 Å². The summed E-state index contributed by atoms with van der Waals surface area (Å²) in [7, 11) is -0.767. The summed E-state index contributed by atoms with van der Waals surface area (Å²) in [5.74, 6) is -0.952. The van der Waals surface area contributed by atoms with Crippen LogP contribution in [0.15, 0.2) is 6.07 Å². The molecular formula is C19H28FN3O6S. The van der Waals surface area contributed by atoms with E-state index in [1.165, 1.54) is 7.11 Å². The molecule has 2 N–H and O–H groups in total. The van der Waals surface area contributed by atoms with Crippen LogP contribution < -0.4 is 19.1 Å². The fourth-order valence-corrected chi connectivity index (χ4v) is 5.00. The van der Waals surface area contributed by atoms with Crippen molar-refractivity contribution in [1.82, 2.24) is 10.0 Å². The van der Waals surface area contributed by atoms with Crippen molar-refractivity contribution in [3.05, 3.63) is 23.0 Å². The molecule has 1 saturated heterocycles. The fourth-order valence-electron chi connectivity index (χ4n) is 3.84. The van der Waals surface area contributed by atoms with Crippen molar-refractivity contribution in [2.24, 2.45) is 5.92 Å². The highest BCUT2D eigenvalue weighted by molar-refractivity contribution is 7.92. The minimum Gasteiger partial charge on any atom is -0.465 e. The molecule has 1 unspecified atom stereocenters. The molecule has 0 saturated carbocycles. The highest BCUT2D eigenvalue weighted by Gasteiger charge is 2.39. The second-order valence-corrected chi connectivity index (χ2v) is 8.97. The zero-order chi connectivity index (χ0) is 21.7. The molecule has 2 aliphatic rings. The van der Waals surface area contributed by atoms with E-state index in [9.17, 15) is 13.2 Å². The van der Waals surface area contributed by atoms with Crippen molar-refractivity contribution in [3.63, 3.8) is 0 Å². The highest BCUT2D eigenvalue weighted by atomic mass is 32.2. The average molecular weight is 446 g/mol. The zero-order valence-corrected chi connectivity index (χ0v) is 18.0. The van der Waals surface area contributed by atoms with Gasteiger partial charge in [-0.3, -0.25) is 4.79 Å². The largest absolute Gasteiger partial charge is 0.465 e. The number of carbonyl (C=O) groups excluding carboxylic acids is 1. The van der Waals surface area contributed by atoms with E-state index in [2.05, 4.69) is 5.32 Å². The van der Waals surface area contributed by atoms with Crippen LogP contribution in [0.3, 0.4) is 0 Å². The second kappa shape index (κ2) is 9.90. The Kier molecular flexibility index (Phi) is 7.50. The maximum absolute atomic E-state index is 15.7. The lowest BCUT2D eigenvalue weighted by Crippen LogP contribution is -2.31. The Bertz CT molecular complexity index is 880. The van der Waals surface area contributed by atoms with Gasteiger partial charge in [-0.25, -0.2) is 13.4 Å². The van der Waals surface area contributed by atoms with Gasteiger partial charge in [-0.05, 0) is 62.4 Å². The summed E-state index contributed by atoms with van der Waals surface area (Å²) >= 11 is 0. The van der Waals surface area contributed by atoms with Crippen molar-refractivity contribution in [2.75, 3.05) is 51.6 Å². The van der Waals surface area contributed by atoms with E-state index in [1.807, 2.05) is 11.8 Å². The normalized spacial score (nSPS) is 20.6. The number of nitrogens with one attached hydrogen (secondary N) is 2.